The second kappa shape index (κ2) is 11.4. The van der Waals surface area contributed by atoms with Crippen molar-refractivity contribution in [3.05, 3.63) is 28.6 Å². The lowest BCUT2D eigenvalue weighted by atomic mass is 10.1. The number of benzene rings is 1. The van der Waals surface area contributed by atoms with Crippen LogP contribution in [0.5, 0.6) is 17.2 Å². The number of ether oxygens (including phenoxy) is 3. The number of methoxy groups -OCH3 is 1. The van der Waals surface area contributed by atoms with Gasteiger partial charge in [0.05, 0.1) is 19.1 Å². The zero-order valence-electron chi connectivity index (χ0n) is 17.0. The third kappa shape index (κ3) is 6.01. The van der Waals surface area contributed by atoms with Gasteiger partial charge in [-0.3, -0.25) is 4.79 Å². The summed E-state index contributed by atoms with van der Waals surface area (Å²) >= 11 is 0. The van der Waals surface area contributed by atoms with E-state index in [1.807, 2.05) is 0 Å². The van der Waals surface area contributed by atoms with Gasteiger partial charge in [0.15, 0.2) is 17.1 Å². The Balaban J connectivity index is 2.06. The number of hydrogen-bond acceptors (Lipinski definition) is 6. The highest BCUT2D eigenvalue weighted by atomic mass is 16.5. The van der Waals surface area contributed by atoms with Crippen molar-refractivity contribution in [2.45, 2.75) is 65.2 Å². The zero-order chi connectivity index (χ0) is 20.4. The largest absolute Gasteiger partial charge is 0.489 e. The van der Waals surface area contributed by atoms with Gasteiger partial charge < -0.3 is 18.6 Å². The molecule has 154 valence electrons. The van der Waals surface area contributed by atoms with Crippen molar-refractivity contribution in [2.24, 2.45) is 0 Å². The van der Waals surface area contributed by atoms with Gasteiger partial charge in [0.2, 0.25) is 5.75 Å². The first kappa shape index (κ1) is 21.8. The molecule has 0 spiro atoms. The minimum Gasteiger partial charge on any atom is -0.489 e. The average molecular weight is 390 g/mol. The highest BCUT2D eigenvalue weighted by Crippen LogP contribution is 2.36. The third-order valence-electron chi connectivity index (χ3n) is 4.51. The predicted molar refractivity (Wildman–Crippen MR) is 108 cm³/mol. The molecule has 1 aromatic carbocycles. The second-order valence-corrected chi connectivity index (χ2v) is 6.80. The first-order valence-electron chi connectivity index (χ1n) is 10.0. The lowest BCUT2D eigenvalue weighted by molar-refractivity contribution is -0.131. The summed E-state index contributed by atoms with van der Waals surface area (Å²) in [6.45, 7) is 3.98. The van der Waals surface area contributed by atoms with Gasteiger partial charge in [-0.05, 0) is 18.6 Å². The van der Waals surface area contributed by atoms with E-state index >= 15 is 0 Å². The molecule has 6 heteroatoms. The quantitative estimate of drug-likeness (QED) is 0.213. The van der Waals surface area contributed by atoms with Crippen LogP contribution in [0.3, 0.4) is 0 Å². The average Bonchev–Trinajstić information content (AvgIpc) is 2.66. The molecule has 0 aliphatic carbocycles. The molecule has 0 saturated heterocycles. The molecular formula is C22H30O6. The molecular weight excluding hydrogens is 360 g/mol. The highest BCUT2D eigenvalue weighted by Gasteiger charge is 2.20. The number of unbranched alkanes of at least 4 members (excludes halogenated alkanes) is 7. The van der Waals surface area contributed by atoms with Gasteiger partial charge in [0, 0.05) is 6.92 Å². The van der Waals surface area contributed by atoms with E-state index in [1.54, 1.807) is 18.2 Å². The summed E-state index contributed by atoms with van der Waals surface area (Å²) in [5, 5.41) is 0.537. The molecule has 0 amide bonds. The Labute approximate surface area is 165 Å². The van der Waals surface area contributed by atoms with E-state index in [0.717, 1.165) is 12.8 Å². The monoisotopic (exact) mass is 390 g/mol. The lowest BCUT2D eigenvalue weighted by Crippen LogP contribution is -2.10. The number of hydrogen-bond donors (Lipinski definition) is 0. The van der Waals surface area contributed by atoms with Crippen LogP contribution >= 0.6 is 0 Å². The van der Waals surface area contributed by atoms with Gasteiger partial charge in [-0.15, -0.1) is 0 Å². The van der Waals surface area contributed by atoms with Crippen molar-refractivity contribution in [2.75, 3.05) is 13.7 Å². The fourth-order valence-corrected chi connectivity index (χ4v) is 3.12. The number of fused-ring (bicyclic) bond motifs is 1. The SMILES string of the molecule is CCCCCCCCCCOc1c(OC)c(=O)oc2c(OC(C)=O)cccc12. The Bertz CT molecular complexity index is 824. The Kier molecular flexibility index (Phi) is 8.85. The molecule has 0 fully saturated rings. The normalized spacial score (nSPS) is 10.8. The van der Waals surface area contributed by atoms with E-state index in [1.165, 1.54) is 52.6 Å². The maximum absolute atomic E-state index is 12.3. The van der Waals surface area contributed by atoms with E-state index in [2.05, 4.69) is 6.92 Å². The molecule has 0 bridgehead atoms. The van der Waals surface area contributed by atoms with Gasteiger partial charge in [0.25, 0.3) is 0 Å². The van der Waals surface area contributed by atoms with Gasteiger partial charge in [0.1, 0.15) is 0 Å². The standard InChI is InChI=1S/C22H30O6/c1-4-5-6-7-8-9-10-11-15-26-20-17-13-12-14-18(27-16(2)23)19(17)28-22(24)21(20)25-3/h12-14H,4-11,15H2,1-3H3. The molecule has 0 N–H and O–H groups in total. The van der Waals surface area contributed by atoms with Crippen molar-refractivity contribution >= 4 is 16.9 Å². The van der Waals surface area contributed by atoms with Crippen LogP contribution in [0.25, 0.3) is 11.0 Å². The van der Waals surface area contributed by atoms with Crippen molar-refractivity contribution in [1.29, 1.82) is 0 Å². The fourth-order valence-electron chi connectivity index (χ4n) is 3.12. The molecule has 0 aliphatic rings. The number of esters is 1. The predicted octanol–water partition coefficient (Wildman–Crippen LogP) is 5.25. The number of carbonyl (C=O) groups excluding carboxylic acids is 1. The molecule has 6 nitrogen and oxygen atoms in total. The Morgan fingerprint density at radius 1 is 1.00 bits per heavy atom. The number of para-hydroxylation sites is 1. The van der Waals surface area contributed by atoms with Gasteiger partial charge in [-0.25, -0.2) is 4.79 Å². The summed E-state index contributed by atoms with van der Waals surface area (Å²) in [4.78, 5) is 23.6. The molecule has 2 rings (SSSR count). The maximum atomic E-state index is 12.3. The van der Waals surface area contributed by atoms with Gasteiger partial charge in [-0.2, -0.15) is 0 Å². The van der Waals surface area contributed by atoms with Crippen LogP contribution in [0.2, 0.25) is 0 Å². The topological polar surface area (TPSA) is 75.0 Å². The van der Waals surface area contributed by atoms with Gasteiger partial charge >= 0.3 is 11.6 Å². The van der Waals surface area contributed by atoms with Crippen LogP contribution < -0.4 is 19.8 Å². The third-order valence-corrected chi connectivity index (χ3v) is 4.51. The van der Waals surface area contributed by atoms with Crippen LogP contribution in [0, 0.1) is 0 Å². The van der Waals surface area contributed by atoms with E-state index in [4.69, 9.17) is 18.6 Å². The van der Waals surface area contributed by atoms with Crippen molar-refractivity contribution < 1.29 is 23.4 Å². The van der Waals surface area contributed by atoms with Crippen LogP contribution in [-0.2, 0) is 4.79 Å². The molecule has 28 heavy (non-hydrogen) atoms. The molecule has 0 atom stereocenters. The minimum absolute atomic E-state index is 0.0204. The summed E-state index contributed by atoms with van der Waals surface area (Å²) < 4.78 is 21.6. The maximum Gasteiger partial charge on any atom is 0.383 e. The van der Waals surface area contributed by atoms with Crippen molar-refractivity contribution in [1.82, 2.24) is 0 Å². The van der Waals surface area contributed by atoms with Crippen molar-refractivity contribution in [3.8, 4) is 17.2 Å². The van der Waals surface area contributed by atoms with Crippen molar-refractivity contribution in [3.63, 3.8) is 0 Å². The second-order valence-electron chi connectivity index (χ2n) is 6.80. The Morgan fingerprint density at radius 3 is 2.32 bits per heavy atom. The molecule has 0 unspecified atom stereocenters. The Hall–Kier alpha value is -2.50. The molecule has 0 radical (unpaired) electrons. The minimum atomic E-state index is -0.666. The molecule has 0 aliphatic heterocycles. The van der Waals surface area contributed by atoms with Crippen LogP contribution in [0.1, 0.15) is 65.2 Å². The summed E-state index contributed by atoms with van der Waals surface area (Å²) in [6, 6.07) is 5.03. The highest BCUT2D eigenvalue weighted by molar-refractivity contribution is 5.91. The molecule has 2 aromatic rings. The van der Waals surface area contributed by atoms with E-state index in [9.17, 15) is 9.59 Å². The molecule has 1 aromatic heterocycles. The molecule has 1 heterocycles. The van der Waals surface area contributed by atoms with Crippen LogP contribution in [0.4, 0.5) is 0 Å². The lowest BCUT2D eigenvalue weighted by Gasteiger charge is -2.13. The van der Waals surface area contributed by atoms with Gasteiger partial charge in [-0.1, -0.05) is 57.9 Å². The number of rotatable bonds is 12. The molecule has 0 saturated carbocycles. The number of carbonyl (C=O) groups is 1. The summed E-state index contributed by atoms with van der Waals surface area (Å²) in [7, 11) is 1.40. The first-order chi connectivity index (χ1) is 13.6. The summed E-state index contributed by atoms with van der Waals surface area (Å²) in [6.07, 6.45) is 9.54. The summed E-state index contributed by atoms with van der Waals surface area (Å²) in [5.74, 6) is 0.0341. The van der Waals surface area contributed by atoms with E-state index in [0.29, 0.717) is 17.7 Å². The smallest absolute Gasteiger partial charge is 0.383 e. The van der Waals surface area contributed by atoms with E-state index < -0.39 is 11.6 Å². The van der Waals surface area contributed by atoms with E-state index in [-0.39, 0.29) is 17.1 Å². The summed E-state index contributed by atoms with van der Waals surface area (Å²) in [5.41, 5.74) is -0.491. The Morgan fingerprint density at radius 2 is 1.68 bits per heavy atom. The fraction of sp³-hybridized carbons (Fsp3) is 0.545. The zero-order valence-corrected chi connectivity index (χ0v) is 17.0. The van der Waals surface area contributed by atoms with Crippen LogP contribution in [-0.4, -0.2) is 19.7 Å². The first-order valence-corrected chi connectivity index (χ1v) is 10.0. The van der Waals surface area contributed by atoms with Crippen LogP contribution in [0.15, 0.2) is 27.4 Å².